The number of nitrogens with zero attached hydrogens (tertiary/aromatic N) is 2. The molecule has 0 aliphatic carbocycles. The first kappa shape index (κ1) is 14.8. The second-order valence-electron chi connectivity index (χ2n) is 5.21. The van der Waals surface area contributed by atoms with Gasteiger partial charge in [0.1, 0.15) is 5.75 Å². The lowest BCUT2D eigenvalue weighted by Gasteiger charge is -2.28. The van der Waals surface area contributed by atoms with Crippen LogP contribution in [0.25, 0.3) is 0 Å². The van der Waals surface area contributed by atoms with Crippen LogP contribution in [-0.2, 0) is 0 Å². The molecule has 0 aromatic heterocycles. The first-order chi connectivity index (χ1) is 9.70. The zero-order valence-electron chi connectivity index (χ0n) is 12.0. The van der Waals surface area contributed by atoms with E-state index in [0.717, 1.165) is 32.4 Å². The van der Waals surface area contributed by atoms with Gasteiger partial charge in [-0.3, -0.25) is 15.0 Å². The fourth-order valence-electron chi connectivity index (χ4n) is 2.53. The minimum atomic E-state index is -0.390. The molecule has 0 amide bonds. The fraction of sp³-hybridized carbons (Fsp3) is 0.600. The van der Waals surface area contributed by atoms with Crippen LogP contribution in [-0.4, -0.2) is 29.1 Å². The SMILES string of the molecule is CCCCC(Oc1ccc([N+](=O)[O-])cc1)N1CCCC1. The molecule has 1 aliphatic rings. The van der Waals surface area contributed by atoms with Gasteiger partial charge in [-0.2, -0.15) is 0 Å². The zero-order valence-corrected chi connectivity index (χ0v) is 12.0. The number of non-ortho nitro benzene ring substituents is 1. The summed E-state index contributed by atoms with van der Waals surface area (Å²) in [7, 11) is 0. The van der Waals surface area contributed by atoms with Gasteiger partial charge in [-0.1, -0.05) is 13.3 Å². The van der Waals surface area contributed by atoms with E-state index in [1.54, 1.807) is 12.1 Å². The van der Waals surface area contributed by atoms with Crippen molar-refractivity contribution in [1.82, 2.24) is 4.90 Å². The molecule has 1 fully saturated rings. The molecule has 110 valence electrons. The Kier molecular flexibility index (Phi) is 5.35. The van der Waals surface area contributed by atoms with Crippen LogP contribution in [0.1, 0.15) is 39.0 Å². The number of hydrogen-bond acceptors (Lipinski definition) is 4. The molecule has 1 unspecified atom stereocenters. The minimum absolute atomic E-state index is 0.0962. The maximum absolute atomic E-state index is 10.6. The van der Waals surface area contributed by atoms with Gasteiger partial charge in [0, 0.05) is 25.2 Å². The second kappa shape index (κ2) is 7.24. The molecular formula is C15H22N2O3. The van der Waals surface area contributed by atoms with Crippen LogP contribution in [0.2, 0.25) is 0 Å². The quantitative estimate of drug-likeness (QED) is 0.565. The van der Waals surface area contributed by atoms with Crippen LogP contribution in [0.3, 0.4) is 0 Å². The molecule has 1 aliphatic heterocycles. The van der Waals surface area contributed by atoms with Crippen LogP contribution in [0.15, 0.2) is 24.3 Å². The van der Waals surface area contributed by atoms with Gasteiger partial charge >= 0.3 is 0 Å². The molecule has 0 N–H and O–H groups in total. The number of nitro groups is 1. The summed E-state index contributed by atoms with van der Waals surface area (Å²) in [5.74, 6) is 0.712. The highest BCUT2D eigenvalue weighted by molar-refractivity contribution is 5.36. The standard InChI is InChI=1S/C15H22N2O3/c1-2-3-6-15(16-11-4-5-12-16)20-14-9-7-13(8-10-14)17(18)19/h7-10,15H,2-6,11-12H2,1H3. The van der Waals surface area contributed by atoms with Crippen molar-refractivity contribution >= 4 is 5.69 Å². The van der Waals surface area contributed by atoms with Crippen molar-refractivity contribution in [3.05, 3.63) is 34.4 Å². The maximum atomic E-state index is 10.6. The number of unbranched alkanes of at least 4 members (excludes halogenated alkanes) is 1. The van der Waals surface area contributed by atoms with Gasteiger partial charge in [0.2, 0.25) is 0 Å². The Hall–Kier alpha value is -1.62. The Morgan fingerprint density at radius 1 is 1.30 bits per heavy atom. The molecule has 1 aromatic rings. The van der Waals surface area contributed by atoms with E-state index in [4.69, 9.17) is 4.74 Å². The summed E-state index contributed by atoms with van der Waals surface area (Å²) in [4.78, 5) is 12.6. The van der Waals surface area contributed by atoms with Gasteiger partial charge in [-0.05, 0) is 37.8 Å². The molecule has 2 rings (SSSR count). The molecule has 0 radical (unpaired) electrons. The lowest BCUT2D eigenvalue weighted by molar-refractivity contribution is -0.384. The molecule has 1 saturated heterocycles. The van der Waals surface area contributed by atoms with Crippen molar-refractivity contribution in [2.45, 2.75) is 45.3 Å². The number of likely N-dealkylation sites (tertiary alicyclic amines) is 1. The average molecular weight is 278 g/mol. The Morgan fingerprint density at radius 3 is 2.50 bits per heavy atom. The van der Waals surface area contributed by atoms with E-state index in [1.165, 1.54) is 25.0 Å². The summed E-state index contributed by atoms with van der Waals surface area (Å²) in [6.07, 6.45) is 5.84. The predicted octanol–water partition coefficient (Wildman–Crippen LogP) is 3.59. The Morgan fingerprint density at radius 2 is 1.95 bits per heavy atom. The molecule has 0 saturated carbocycles. The van der Waals surface area contributed by atoms with E-state index in [9.17, 15) is 10.1 Å². The van der Waals surface area contributed by atoms with Crippen LogP contribution < -0.4 is 4.74 Å². The van der Waals surface area contributed by atoms with Crippen LogP contribution in [0.5, 0.6) is 5.75 Å². The second-order valence-corrected chi connectivity index (χ2v) is 5.21. The van der Waals surface area contributed by atoms with Crippen molar-refractivity contribution in [3.63, 3.8) is 0 Å². The van der Waals surface area contributed by atoms with Gasteiger partial charge in [0.25, 0.3) is 5.69 Å². The van der Waals surface area contributed by atoms with Gasteiger partial charge in [-0.25, -0.2) is 0 Å². The number of nitro benzene ring substituents is 1. The predicted molar refractivity (Wildman–Crippen MR) is 77.8 cm³/mol. The number of benzene rings is 1. The minimum Gasteiger partial charge on any atom is -0.475 e. The Bertz CT molecular complexity index is 427. The summed E-state index contributed by atoms with van der Waals surface area (Å²) in [6.45, 7) is 4.34. The summed E-state index contributed by atoms with van der Waals surface area (Å²) in [5, 5.41) is 10.6. The maximum Gasteiger partial charge on any atom is 0.269 e. The Labute approximate surface area is 119 Å². The lowest BCUT2D eigenvalue weighted by Crippen LogP contribution is -2.37. The van der Waals surface area contributed by atoms with E-state index >= 15 is 0 Å². The normalized spacial score (nSPS) is 17.1. The third-order valence-corrected chi connectivity index (χ3v) is 3.67. The van der Waals surface area contributed by atoms with E-state index in [-0.39, 0.29) is 11.9 Å². The van der Waals surface area contributed by atoms with Gasteiger partial charge in [0.05, 0.1) is 4.92 Å². The van der Waals surface area contributed by atoms with E-state index in [2.05, 4.69) is 11.8 Å². The van der Waals surface area contributed by atoms with Gasteiger partial charge < -0.3 is 4.74 Å². The molecule has 0 spiro atoms. The van der Waals surface area contributed by atoms with E-state index in [1.807, 2.05) is 0 Å². The summed E-state index contributed by atoms with van der Waals surface area (Å²) < 4.78 is 6.04. The number of ether oxygens (including phenoxy) is 1. The molecule has 1 heterocycles. The first-order valence-electron chi connectivity index (χ1n) is 7.36. The first-order valence-corrected chi connectivity index (χ1v) is 7.36. The highest BCUT2D eigenvalue weighted by Gasteiger charge is 2.23. The molecule has 0 bridgehead atoms. The van der Waals surface area contributed by atoms with E-state index < -0.39 is 4.92 Å². The van der Waals surface area contributed by atoms with Crippen molar-refractivity contribution in [3.8, 4) is 5.75 Å². The van der Waals surface area contributed by atoms with Crippen molar-refractivity contribution in [2.75, 3.05) is 13.1 Å². The number of hydrogen-bond donors (Lipinski definition) is 0. The molecule has 5 heteroatoms. The summed E-state index contributed by atoms with van der Waals surface area (Å²) >= 11 is 0. The molecule has 1 atom stereocenters. The van der Waals surface area contributed by atoms with Crippen molar-refractivity contribution < 1.29 is 9.66 Å². The monoisotopic (exact) mass is 278 g/mol. The van der Waals surface area contributed by atoms with Crippen molar-refractivity contribution in [1.29, 1.82) is 0 Å². The molecule has 20 heavy (non-hydrogen) atoms. The molecule has 5 nitrogen and oxygen atoms in total. The largest absolute Gasteiger partial charge is 0.475 e. The average Bonchev–Trinajstić information content (AvgIpc) is 2.98. The summed E-state index contributed by atoms with van der Waals surface area (Å²) in [5.41, 5.74) is 0.101. The Balaban J connectivity index is 2.00. The number of rotatable bonds is 7. The topological polar surface area (TPSA) is 55.6 Å². The highest BCUT2D eigenvalue weighted by Crippen LogP contribution is 2.23. The molecular weight excluding hydrogens is 256 g/mol. The third kappa shape index (κ3) is 3.93. The fourth-order valence-corrected chi connectivity index (χ4v) is 2.53. The lowest BCUT2D eigenvalue weighted by atomic mass is 10.2. The van der Waals surface area contributed by atoms with Crippen LogP contribution in [0, 0.1) is 10.1 Å². The zero-order chi connectivity index (χ0) is 14.4. The van der Waals surface area contributed by atoms with Gasteiger partial charge in [0.15, 0.2) is 6.23 Å². The van der Waals surface area contributed by atoms with Crippen molar-refractivity contribution in [2.24, 2.45) is 0 Å². The van der Waals surface area contributed by atoms with Crippen LogP contribution >= 0.6 is 0 Å². The smallest absolute Gasteiger partial charge is 0.269 e. The third-order valence-electron chi connectivity index (χ3n) is 3.67. The highest BCUT2D eigenvalue weighted by atomic mass is 16.6. The molecule has 1 aromatic carbocycles. The summed E-state index contributed by atoms with van der Waals surface area (Å²) in [6, 6.07) is 6.37. The van der Waals surface area contributed by atoms with Gasteiger partial charge in [-0.15, -0.1) is 0 Å². The van der Waals surface area contributed by atoms with Crippen LogP contribution in [0.4, 0.5) is 5.69 Å². The van der Waals surface area contributed by atoms with E-state index in [0.29, 0.717) is 5.75 Å².